The van der Waals surface area contributed by atoms with Crippen molar-refractivity contribution in [2.45, 2.75) is 11.4 Å². The van der Waals surface area contributed by atoms with Gasteiger partial charge >= 0.3 is 16.2 Å². The van der Waals surface area contributed by atoms with E-state index in [0.29, 0.717) is 9.37 Å². The van der Waals surface area contributed by atoms with Gasteiger partial charge in [0, 0.05) is 4.47 Å². The van der Waals surface area contributed by atoms with Gasteiger partial charge in [0.1, 0.15) is 10.6 Å². The maximum absolute atomic E-state index is 12.3. The van der Waals surface area contributed by atoms with Crippen LogP contribution < -0.4 is 9.92 Å². The van der Waals surface area contributed by atoms with Crippen LogP contribution in [0.15, 0.2) is 51.8 Å². The molecular formula is C15H12BrN3O7S2. The van der Waals surface area contributed by atoms with Crippen LogP contribution in [0.5, 0.6) is 5.75 Å². The lowest BCUT2D eigenvalue weighted by Gasteiger charge is -2.17. The molecule has 0 atom stereocenters. The molecule has 0 radical (unpaired) electrons. The minimum atomic E-state index is -4.24. The van der Waals surface area contributed by atoms with E-state index in [4.69, 9.17) is 15.0 Å². The highest BCUT2D eigenvalue weighted by Gasteiger charge is 2.24. The van der Waals surface area contributed by atoms with Gasteiger partial charge in [-0.2, -0.15) is 8.42 Å². The summed E-state index contributed by atoms with van der Waals surface area (Å²) in [5, 5.41) is 19.9. The SMILES string of the molecule is NC(=S)N(Cc1ccc(OS(=O)(=O)c2cccc(Br)c2)cc1[N+](=O)[O-])C(=O)O. The second-order valence-corrected chi connectivity index (χ2v) is 8.13. The van der Waals surface area contributed by atoms with Gasteiger partial charge in [0.25, 0.3) is 5.69 Å². The number of nitrogens with zero attached hydrogens (tertiary/aromatic N) is 2. The molecule has 2 aromatic rings. The molecule has 2 rings (SSSR count). The number of thiocarbonyl (C=S) groups is 1. The first-order chi connectivity index (χ1) is 13.0. The van der Waals surface area contributed by atoms with E-state index < -0.39 is 38.5 Å². The van der Waals surface area contributed by atoms with E-state index >= 15 is 0 Å². The molecule has 0 aliphatic heterocycles. The summed E-state index contributed by atoms with van der Waals surface area (Å²) in [4.78, 5) is 22.1. The molecule has 0 bridgehead atoms. The van der Waals surface area contributed by atoms with Crippen molar-refractivity contribution >= 4 is 55.2 Å². The van der Waals surface area contributed by atoms with Crippen molar-refractivity contribution in [1.82, 2.24) is 4.90 Å². The normalized spacial score (nSPS) is 10.9. The fourth-order valence-electron chi connectivity index (χ4n) is 2.11. The van der Waals surface area contributed by atoms with E-state index in [-0.39, 0.29) is 16.2 Å². The lowest BCUT2D eigenvalue weighted by molar-refractivity contribution is -0.385. The number of nitro benzene ring substituents is 1. The van der Waals surface area contributed by atoms with E-state index in [9.17, 15) is 23.3 Å². The molecule has 2 aromatic carbocycles. The van der Waals surface area contributed by atoms with E-state index in [1.807, 2.05) is 0 Å². The minimum Gasteiger partial charge on any atom is -0.465 e. The summed E-state index contributed by atoms with van der Waals surface area (Å²) in [6.45, 7) is -0.486. The second kappa shape index (κ2) is 8.50. The Labute approximate surface area is 172 Å². The lowest BCUT2D eigenvalue weighted by atomic mass is 10.1. The molecule has 0 unspecified atom stereocenters. The third-order valence-corrected chi connectivity index (χ3v) is 5.33. The van der Waals surface area contributed by atoms with Crippen molar-refractivity contribution in [1.29, 1.82) is 0 Å². The minimum absolute atomic E-state index is 0.0487. The number of nitrogens with two attached hydrogens (primary N) is 1. The van der Waals surface area contributed by atoms with E-state index in [1.165, 1.54) is 18.2 Å². The number of hydrogen-bond donors (Lipinski definition) is 2. The Kier molecular flexibility index (Phi) is 6.53. The molecule has 1 amide bonds. The summed E-state index contributed by atoms with van der Waals surface area (Å²) in [5.74, 6) is -0.312. The Hall–Kier alpha value is -2.77. The molecule has 10 nitrogen and oxygen atoms in total. The summed E-state index contributed by atoms with van der Waals surface area (Å²) in [5.41, 5.74) is 4.70. The largest absolute Gasteiger partial charge is 0.465 e. The van der Waals surface area contributed by atoms with Crippen molar-refractivity contribution in [3.05, 3.63) is 62.6 Å². The fraction of sp³-hybridized carbons (Fsp3) is 0.0667. The topological polar surface area (TPSA) is 153 Å². The van der Waals surface area contributed by atoms with Crippen molar-refractivity contribution in [3.63, 3.8) is 0 Å². The molecule has 3 N–H and O–H groups in total. The zero-order valence-corrected chi connectivity index (χ0v) is 17.0. The number of benzene rings is 2. The number of halogens is 1. The zero-order chi connectivity index (χ0) is 21.1. The number of amides is 1. The van der Waals surface area contributed by atoms with Crippen LogP contribution in [0.25, 0.3) is 0 Å². The van der Waals surface area contributed by atoms with Crippen molar-refractivity contribution in [2.75, 3.05) is 0 Å². The number of carbonyl (C=O) groups is 1. The second-order valence-electron chi connectivity index (χ2n) is 5.25. The molecule has 0 aromatic heterocycles. The van der Waals surface area contributed by atoms with Crippen LogP contribution in [0, 0.1) is 10.1 Å². The fourth-order valence-corrected chi connectivity index (χ4v) is 3.77. The number of rotatable bonds is 6. The Morgan fingerprint density at radius 2 is 2.00 bits per heavy atom. The van der Waals surface area contributed by atoms with E-state index in [1.54, 1.807) is 6.07 Å². The molecule has 0 aliphatic carbocycles. The Bertz CT molecular complexity index is 1050. The highest BCUT2D eigenvalue weighted by atomic mass is 79.9. The van der Waals surface area contributed by atoms with Gasteiger partial charge in [-0.1, -0.05) is 22.0 Å². The predicted molar refractivity (Wildman–Crippen MR) is 105 cm³/mol. The Balaban J connectivity index is 2.38. The molecule has 0 heterocycles. The molecule has 13 heteroatoms. The zero-order valence-electron chi connectivity index (χ0n) is 13.8. The number of carboxylic acid groups (broad SMARTS) is 1. The van der Waals surface area contributed by atoms with Crippen LogP contribution >= 0.6 is 28.1 Å². The summed E-state index contributed by atoms with van der Waals surface area (Å²) in [6, 6.07) is 8.93. The molecule has 0 aliphatic rings. The molecular weight excluding hydrogens is 478 g/mol. The Morgan fingerprint density at radius 1 is 1.32 bits per heavy atom. The first-order valence-corrected chi connectivity index (χ1v) is 9.89. The van der Waals surface area contributed by atoms with Crippen LogP contribution in [-0.2, 0) is 16.7 Å². The number of hydrogen-bond acceptors (Lipinski definition) is 7. The van der Waals surface area contributed by atoms with Gasteiger partial charge in [-0.05, 0) is 42.5 Å². The van der Waals surface area contributed by atoms with Gasteiger partial charge in [-0.15, -0.1) is 0 Å². The molecule has 0 spiro atoms. The van der Waals surface area contributed by atoms with Gasteiger partial charge in [0.15, 0.2) is 5.11 Å². The maximum atomic E-state index is 12.3. The smallest absolute Gasteiger partial charge is 0.413 e. The monoisotopic (exact) mass is 489 g/mol. The third-order valence-electron chi connectivity index (χ3n) is 3.37. The van der Waals surface area contributed by atoms with Crippen molar-refractivity contribution in [2.24, 2.45) is 5.73 Å². The summed E-state index contributed by atoms with van der Waals surface area (Å²) in [7, 11) is -4.24. The van der Waals surface area contributed by atoms with Crippen LogP contribution in [0.4, 0.5) is 10.5 Å². The lowest BCUT2D eigenvalue weighted by Crippen LogP contribution is -2.39. The first-order valence-electron chi connectivity index (χ1n) is 7.28. The predicted octanol–water partition coefficient (Wildman–Crippen LogP) is 2.85. The molecule has 0 fully saturated rings. The van der Waals surface area contributed by atoms with Gasteiger partial charge in [0.05, 0.1) is 23.1 Å². The summed E-state index contributed by atoms with van der Waals surface area (Å²) >= 11 is 7.75. The van der Waals surface area contributed by atoms with Crippen molar-refractivity contribution < 1.29 is 27.4 Å². The highest BCUT2D eigenvalue weighted by Crippen LogP contribution is 2.28. The van der Waals surface area contributed by atoms with Gasteiger partial charge in [-0.25, -0.2) is 9.69 Å². The van der Waals surface area contributed by atoms with Crippen LogP contribution in [-0.4, -0.2) is 34.6 Å². The van der Waals surface area contributed by atoms with Crippen LogP contribution in [0.3, 0.4) is 0 Å². The van der Waals surface area contributed by atoms with Crippen LogP contribution in [0.1, 0.15) is 5.56 Å². The van der Waals surface area contributed by atoms with Gasteiger partial charge in [-0.3, -0.25) is 10.1 Å². The molecule has 0 saturated heterocycles. The standard InChI is InChI=1S/C15H12BrN3O7S2/c16-10-2-1-3-12(6-10)28(24,25)26-11-5-4-9(13(7-11)19(22)23)8-18(14(17)27)15(20)21/h1-7H,8H2,(H2,17,27)(H,20,21). The average molecular weight is 490 g/mol. The highest BCUT2D eigenvalue weighted by molar-refractivity contribution is 9.10. The van der Waals surface area contributed by atoms with E-state index in [0.717, 1.165) is 18.2 Å². The quantitative estimate of drug-likeness (QED) is 0.269. The molecule has 148 valence electrons. The first kappa shape index (κ1) is 21.5. The third kappa shape index (κ3) is 5.15. The Morgan fingerprint density at radius 3 is 2.54 bits per heavy atom. The van der Waals surface area contributed by atoms with Crippen LogP contribution in [0.2, 0.25) is 0 Å². The van der Waals surface area contributed by atoms with Gasteiger partial charge < -0.3 is 15.0 Å². The van der Waals surface area contributed by atoms with Crippen molar-refractivity contribution in [3.8, 4) is 5.75 Å². The molecule has 28 heavy (non-hydrogen) atoms. The maximum Gasteiger partial charge on any atom is 0.413 e. The molecule has 0 saturated carbocycles. The van der Waals surface area contributed by atoms with Gasteiger partial charge in [0.2, 0.25) is 0 Å². The summed E-state index contributed by atoms with van der Waals surface area (Å²) < 4.78 is 30.1. The van der Waals surface area contributed by atoms with E-state index in [2.05, 4.69) is 28.1 Å². The average Bonchev–Trinajstić information content (AvgIpc) is 2.59. The number of nitro groups is 1. The summed E-state index contributed by atoms with van der Waals surface area (Å²) in [6.07, 6.45) is -1.49.